The van der Waals surface area contributed by atoms with Crippen molar-refractivity contribution in [2.45, 2.75) is 0 Å². The molecule has 0 radical (unpaired) electrons. The summed E-state index contributed by atoms with van der Waals surface area (Å²) < 4.78 is 5.16. The van der Waals surface area contributed by atoms with Gasteiger partial charge in [0.25, 0.3) is 0 Å². The number of aromatic nitrogens is 2. The highest BCUT2D eigenvalue weighted by Gasteiger charge is 2.08. The van der Waals surface area contributed by atoms with Crippen LogP contribution in [0.3, 0.4) is 0 Å². The van der Waals surface area contributed by atoms with Gasteiger partial charge in [-0.05, 0) is 41.9 Å². The van der Waals surface area contributed by atoms with Gasteiger partial charge in [-0.2, -0.15) is 0 Å². The number of methoxy groups -OCH3 is 1. The molecule has 1 aromatic heterocycles. The highest BCUT2D eigenvalue weighted by atomic mass is 35.5. The number of hydrogen-bond donors (Lipinski definition) is 0. The molecule has 3 rings (SSSR count). The molecule has 19 heavy (non-hydrogen) atoms. The average Bonchev–Trinajstić information content (AvgIpc) is 2.46. The van der Waals surface area contributed by atoms with Gasteiger partial charge >= 0.3 is 0 Å². The van der Waals surface area contributed by atoms with Crippen molar-refractivity contribution in [1.82, 2.24) is 9.97 Å². The normalized spacial score (nSPS) is 10.6. The first kappa shape index (κ1) is 11.9. The molecular formula is C15H11ClN2O. The zero-order chi connectivity index (χ0) is 13.2. The van der Waals surface area contributed by atoms with E-state index >= 15 is 0 Å². The van der Waals surface area contributed by atoms with Crippen LogP contribution >= 0.6 is 11.6 Å². The van der Waals surface area contributed by atoms with Crippen molar-refractivity contribution in [3.63, 3.8) is 0 Å². The van der Waals surface area contributed by atoms with E-state index in [2.05, 4.69) is 9.97 Å². The van der Waals surface area contributed by atoms with Crippen LogP contribution in [-0.2, 0) is 0 Å². The summed E-state index contributed by atoms with van der Waals surface area (Å²) in [6, 6.07) is 15.5. The van der Waals surface area contributed by atoms with Gasteiger partial charge in [-0.25, -0.2) is 9.97 Å². The molecule has 0 saturated heterocycles. The van der Waals surface area contributed by atoms with E-state index in [0.717, 1.165) is 27.9 Å². The van der Waals surface area contributed by atoms with Crippen LogP contribution in [0.4, 0.5) is 0 Å². The SMILES string of the molecule is COc1ccc(-c2nc(Cl)nc3ccccc23)cc1. The van der Waals surface area contributed by atoms with E-state index in [1.165, 1.54) is 0 Å². The van der Waals surface area contributed by atoms with Crippen molar-refractivity contribution in [3.8, 4) is 17.0 Å². The van der Waals surface area contributed by atoms with Crippen LogP contribution in [-0.4, -0.2) is 17.1 Å². The van der Waals surface area contributed by atoms with Crippen LogP contribution in [0.1, 0.15) is 0 Å². The highest BCUT2D eigenvalue weighted by Crippen LogP contribution is 2.28. The summed E-state index contributed by atoms with van der Waals surface area (Å²) in [6.45, 7) is 0. The van der Waals surface area contributed by atoms with Crippen molar-refractivity contribution in [1.29, 1.82) is 0 Å². The lowest BCUT2D eigenvalue weighted by atomic mass is 10.1. The Balaban J connectivity index is 2.22. The van der Waals surface area contributed by atoms with Gasteiger partial charge < -0.3 is 4.74 Å². The predicted octanol–water partition coefficient (Wildman–Crippen LogP) is 3.96. The molecule has 0 bridgehead atoms. The summed E-state index contributed by atoms with van der Waals surface area (Å²) in [7, 11) is 1.64. The Bertz CT molecular complexity index is 726. The zero-order valence-corrected chi connectivity index (χ0v) is 11.1. The fraction of sp³-hybridized carbons (Fsp3) is 0.0667. The first-order chi connectivity index (χ1) is 9.28. The van der Waals surface area contributed by atoms with Crippen molar-refractivity contribution < 1.29 is 4.74 Å². The molecule has 0 spiro atoms. The van der Waals surface area contributed by atoms with Gasteiger partial charge in [-0.15, -0.1) is 0 Å². The molecule has 3 aromatic rings. The maximum atomic E-state index is 5.99. The van der Waals surface area contributed by atoms with Crippen molar-refractivity contribution in [3.05, 3.63) is 53.8 Å². The first-order valence-electron chi connectivity index (χ1n) is 5.84. The standard InChI is InChI=1S/C15H11ClN2O/c1-19-11-8-6-10(7-9-11)14-12-4-2-3-5-13(12)17-15(16)18-14/h2-9H,1H3. The predicted molar refractivity (Wildman–Crippen MR) is 76.5 cm³/mol. The second-order valence-electron chi connectivity index (χ2n) is 4.09. The number of ether oxygens (including phenoxy) is 1. The summed E-state index contributed by atoms with van der Waals surface area (Å²) >= 11 is 5.99. The van der Waals surface area contributed by atoms with E-state index in [0.29, 0.717) is 0 Å². The third-order valence-corrected chi connectivity index (χ3v) is 3.11. The van der Waals surface area contributed by atoms with Crippen LogP contribution < -0.4 is 4.74 Å². The molecule has 0 aliphatic heterocycles. The third-order valence-electron chi connectivity index (χ3n) is 2.94. The fourth-order valence-corrected chi connectivity index (χ4v) is 2.19. The van der Waals surface area contributed by atoms with Gasteiger partial charge in [-0.3, -0.25) is 0 Å². The van der Waals surface area contributed by atoms with Crippen LogP contribution in [0.15, 0.2) is 48.5 Å². The van der Waals surface area contributed by atoms with E-state index in [1.54, 1.807) is 7.11 Å². The van der Waals surface area contributed by atoms with Gasteiger partial charge in [-0.1, -0.05) is 18.2 Å². The Labute approximate surface area is 115 Å². The lowest BCUT2D eigenvalue weighted by Crippen LogP contribution is -1.91. The molecule has 4 heteroatoms. The minimum atomic E-state index is 0.254. The van der Waals surface area contributed by atoms with Crippen molar-refractivity contribution in [2.75, 3.05) is 7.11 Å². The van der Waals surface area contributed by atoms with Gasteiger partial charge in [0.2, 0.25) is 5.28 Å². The van der Waals surface area contributed by atoms with Gasteiger partial charge in [0.1, 0.15) is 5.75 Å². The summed E-state index contributed by atoms with van der Waals surface area (Å²) in [5.74, 6) is 0.813. The quantitative estimate of drug-likeness (QED) is 0.661. The van der Waals surface area contributed by atoms with Gasteiger partial charge in [0.05, 0.1) is 18.3 Å². The number of halogens is 1. The molecule has 0 N–H and O–H groups in total. The molecule has 0 aliphatic rings. The Morgan fingerprint density at radius 3 is 2.42 bits per heavy atom. The zero-order valence-electron chi connectivity index (χ0n) is 10.3. The Kier molecular flexibility index (Phi) is 3.05. The number of rotatable bonds is 2. The van der Waals surface area contributed by atoms with E-state index in [4.69, 9.17) is 16.3 Å². The molecule has 0 fully saturated rings. The molecule has 0 aliphatic carbocycles. The average molecular weight is 271 g/mol. The third kappa shape index (κ3) is 2.25. The maximum absolute atomic E-state index is 5.99. The number of fused-ring (bicyclic) bond motifs is 1. The Morgan fingerprint density at radius 2 is 1.68 bits per heavy atom. The highest BCUT2D eigenvalue weighted by molar-refractivity contribution is 6.28. The van der Waals surface area contributed by atoms with Crippen molar-refractivity contribution in [2.24, 2.45) is 0 Å². The second-order valence-corrected chi connectivity index (χ2v) is 4.42. The molecule has 0 amide bonds. The Hall–Kier alpha value is -2.13. The van der Waals surface area contributed by atoms with Gasteiger partial charge in [0, 0.05) is 10.9 Å². The lowest BCUT2D eigenvalue weighted by molar-refractivity contribution is 0.415. The molecule has 94 valence electrons. The van der Waals surface area contributed by atoms with Crippen molar-refractivity contribution >= 4 is 22.5 Å². The molecule has 3 nitrogen and oxygen atoms in total. The smallest absolute Gasteiger partial charge is 0.223 e. The molecule has 0 unspecified atom stereocenters. The molecule has 0 atom stereocenters. The molecular weight excluding hydrogens is 260 g/mol. The number of para-hydroxylation sites is 1. The minimum Gasteiger partial charge on any atom is -0.497 e. The first-order valence-corrected chi connectivity index (χ1v) is 6.22. The van der Waals surface area contributed by atoms with Crippen LogP contribution in [0, 0.1) is 0 Å². The van der Waals surface area contributed by atoms with E-state index in [9.17, 15) is 0 Å². The minimum absolute atomic E-state index is 0.254. The number of nitrogens with zero attached hydrogens (tertiary/aromatic N) is 2. The summed E-state index contributed by atoms with van der Waals surface area (Å²) in [5.41, 5.74) is 2.66. The Morgan fingerprint density at radius 1 is 0.947 bits per heavy atom. The summed E-state index contributed by atoms with van der Waals surface area (Å²) in [6.07, 6.45) is 0. The van der Waals surface area contributed by atoms with E-state index in [1.807, 2.05) is 48.5 Å². The fourth-order valence-electron chi connectivity index (χ4n) is 2.02. The number of hydrogen-bond acceptors (Lipinski definition) is 3. The van der Waals surface area contributed by atoms with Crippen LogP contribution in [0.2, 0.25) is 5.28 Å². The second kappa shape index (κ2) is 4.86. The lowest BCUT2D eigenvalue weighted by Gasteiger charge is -2.07. The maximum Gasteiger partial charge on any atom is 0.223 e. The van der Waals surface area contributed by atoms with Crippen LogP contribution in [0.5, 0.6) is 5.75 Å². The molecule has 0 saturated carbocycles. The summed E-state index contributed by atoms with van der Waals surface area (Å²) in [5, 5.41) is 1.24. The van der Waals surface area contributed by atoms with E-state index < -0.39 is 0 Å². The molecule has 1 heterocycles. The largest absolute Gasteiger partial charge is 0.497 e. The van der Waals surface area contributed by atoms with Gasteiger partial charge in [0.15, 0.2) is 0 Å². The molecule has 2 aromatic carbocycles. The topological polar surface area (TPSA) is 35.0 Å². The monoisotopic (exact) mass is 270 g/mol. The number of benzene rings is 2. The summed E-state index contributed by atoms with van der Waals surface area (Å²) in [4.78, 5) is 8.57. The van der Waals surface area contributed by atoms with Crippen LogP contribution in [0.25, 0.3) is 22.2 Å². The van der Waals surface area contributed by atoms with E-state index in [-0.39, 0.29) is 5.28 Å².